The summed E-state index contributed by atoms with van der Waals surface area (Å²) in [6.07, 6.45) is -0.351. The monoisotopic (exact) mass is 1750 g/mol. The van der Waals surface area contributed by atoms with Crippen LogP contribution in [0.1, 0.15) is 183 Å². The van der Waals surface area contributed by atoms with E-state index in [2.05, 4.69) is 96.4 Å². The number of fused-ring (bicyclic) bond motifs is 7. The molecule has 6 N–H and O–H groups in total. The lowest BCUT2D eigenvalue weighted by atomic mass is 9.44. The first kappa shape index (κ1) is 91.2. The molecule has 2 saturated carbocycles. The lowest BCUT2D eigenvalue weighted by Gasteiger charge is -2.67. The van der Waals surface area contributed by atoms with Crippen LogP contribution in [0.3, 0.4) is 0 Å². The van der Waals surface area contributed by atoms with E-state index in [0.29, 0.717) is 44.5 Å². The Hall–Kier alpha value is -10.5. The second-order valence-corrected chi connectivity index (χ2v) is 39.0. The Morgan fingerprint density at radius 3 is 1.95 bits per heavy atom. The number of carbonyl (C=O) groups is 8. The minimum atomic E-state index is -4.17. The standard InChI is InChI=1S/C95H106N4O22S3/c1-58-72(56-95(109)86(120-88(107)65-33-18-13-19-34-65)84-93(10,75(102)55-76-94(84,57-116-76)121-60(3)101)85(105)81(117-59(2)100)79(58)92(95,8)9)118-89(108)82(80(61-29-14-11-15-30-61)97-87(106)64-31-16-12-17-32-64)119-78(104)50-49-77(103)96-66-43-45-67(46-44-66)122-83-62(41-47-73-90(4,5)68-37-20-22-39-70(68)98(73)51-24-26-53-123(110,111)112)35-28-36-63(83)42-48-74-91(6,7)69-38-21-23-40-71(69)99(74)52-25-27-54-124(113,114)115/h11-23,29-34,37-48,72,75-76,80-82,84,86,102,109H,24-28,35-36,49-57H2,1-10H3,(H3-,96,97,103,106,110,111,112,113,114,115)/p+1/t72-,75-,76+,80-,81+,82+,84-,86-,93+,94+,95+/m0/s1. The fourth-order valence-corrected chi connectivity index (χ4v) is 21.5. The molecule has 2 amide bonds. The highest BCUT2D eigenvalue weighted by Gasteiger charge is 2.78. The smallest absolute Gasteiger partial charge is 0.350 e. The van der Waals surface area contributed by atoms with Crippen LogP contribution >= 0.6 is 11.8 Å². The summed E-state index contributed by atoms with van der Waals surface area (Å²) in [7, 11) is -8.34. The van der Waals surface area contributed by atoms with Gasteiger partial charge in [0.05, 0.1) is 52.9 Å². The first-order valence-electron chi connectivity index (χ1n) is 41.8. The maximum absolute atomic E-state index is 16.1. The van der Waals surface area contributed by atoms with E-state index in [4.69, 9.17) is 28.4 Å². The summed E-state index contributed by atoms with van der Waals surface area (Å²) in [6.45, 7) is 17.3. The molecule has 6 aromatic rings. The molecular formula is C95H107N4O22S3+. The van der Waals surface area contributed by atoms with Gasteiger partial charge in [0.15, 0.2) is 23.2 Å². The average molecular weight is 1750 g/mol. The molecule has 2 bridgehead atoms. The number of anilines is 2. The number of aliphatic hydroxyl groups excluding tert-OH is 1. The second kappa shape index (κ2) is 36.6. The van der Waals surface area contributed by atoms with Gasteiger partial charge in [-0.2, -0.15) is 21.4 Å². The van der Waals surface area contributed by atoms with E-state index in [1.165, 1.54) is 52.0 Å². The van der Waals surface area contributed by atoms with Crippen LogP contribution in [0, 0.1) is 16.7 Å². The minimum absolute atomic E-state index is 0.00104. The average Bonchev–Trinajstić information content (AvgIpc) is 0.971. The van der Waals surface area contributed by atoms with Crippen molar-refractivity contribution in [2.45, 2.75) is 209 Å². The fourth-order valence-electron chi connectivity index (χ4n) is 19.2. The minimum Gasteiger partial charge on any atom is -0.455 e. The molecule has 7 aliphatic rings. The van der Waals surface area contributed by atoms with Gasteiger partial charge >= 0.3 is 29.8 Å². The maximum Gasteiger partial charge on any atom is 0.350 e. The van der Waals surface area contributed by atoms with Gasteiger partial charge in [-0.05, 0) is 160 Å². The molecule has 4 aliphatic carbocycles. The van der Waals surface area contributed by atoms with Crippen LogP contribution in [0.15, 0.2) is 226 Å². The summed E-state index contributed by atoms with van der Waals surface area (Å²) in [5.74, 6) is -9.92. The van der Waals surface area contributed by atoms with Gasteiger partial charge in [0.25, 0.3) is 26.1 Å². The van der Waals surface area contributed by atoms with E-state index in [9.17, 15) is 64.9 Å². The Kier molecular flexibility index (Phi) is 26.9. The Bertz CT molecular complexity index is 5590. The van der Waals surface area contributed by atoms with Gasteiger partial charge in [-0.1, -0.05) is 155 Å². The number of allylic oxidation sites excluding steroid dienone is 7. The Morgan fingerprint density at radius 2 is 1.31 bits per heavy atom. The van der Waals surface area contributed by atoms with Gasteiger partial charge in [0.2, 0.25) is 17.7 Å². The first-order valence-corrected chi connectivity index (χ1v) is 45.9. The van der Waals surface area contributed by atoms with Gasteiger partial charge in [-0.25, -0.2) is 9.59 Å². The summed E-state index contributed by atoms with van der Waals surface area (Å²) >= 11 is 1.54. The number of hydrogen-bond donors (Lipinski definition) is 6. The molecule has 3 fully saturated rings. The molecule has 0 unspecified atom stereocenters. The molecule has 0 radical (unpaired) electrons. The normalized spacial score (nSPS) is 25.3. The summed E-state index contributed by atoms with van der Waals surface area (Å²) in [4.78, 5) is 121. The molecule has 1 saturated heterocycles. The van der Waals surface area contributed by atoms with Crippen LogP contribution in [0.2, 0.25) is 0 Å². The summed E-state index contributed by atoms with van der Waals surface area (Å²) < 4.78 is 106. The number of ether oxygens (including phenoxy) is 6. The van der Waals surface area contributed by atoms with Gasteiger partial charge < -0.3 is 54.2 Å². The molecule has 13 rings (SSSR count). The second-order valence-electron chi connectivity index (χ2n) is 34.7. The van der Waals surface area contributed by atoms with Gasteiger partial charge in [-0.15, -0.1) is 0 Å². The summed E-state index contributed by atoms with van der Waals surface area (Å²) in [6, 6.07) is 45.7. The number of para-hydroxylation sites is 2. The van der Waals surface area contributed by atoms with E-state index >= 15 is 9.59 Å². The first-order chi connectivity index (χ1) is 58.7. The highest BCUT2D eigenvalue weighted by Crippen LogP contribution is 2.65. The molecule has 29 heteroatoms. The molecule has 11 atom stereocenters. The molecular weight excluding hydrogens is 1650 g/mol. The quantitative estimate of drug-likeness (QED) is 0.00609. The van der Waals surface area contributed by atoms with Crippen molar-refractivity contribution in [3.63, 3.8) is 0 Å². The lowest BCUT2D eigenvalue weighted by molar-refractivity contribution is -0.438. The van der Waals surface area contributed by atoms with E-state index in [-0.39, 0.29) is 58.6 Å². The van der Waals surface area contributed by atoms with Crippen molar-refractivity contribution in [1.82, 2.24) is 5.32 Å². The predicted octanol–water partition coefficient (Wildman–Crippen LogP) is 13.8. The van der Waals surface area contributed by atoms with E-state index in [1.54, 1.807) is 90.6 Å². The highest BCUT2D eigenvalue weighted by molar-refractivity contribution is 8.03. The largest absolute Gasteiger partial charge is 0.455 e. The van der Waals surface area contributed by atoms with Crippen LogP contribution in [-0.4, -0.2) is 173 Å². The van der Waals surface area contributed by atoms with Crippen molar-refractivity contribution in [2.24, 2.45) is 16.7 Å². The molecule has 26 nitrogen and oxygen atoms in total. The van der Waals surface area contributed by atoms with E-state index < -0.39 is 175 Å². The Balaban J connectivity index is 0.806. The molecule has 656 valence electrons. The number of amides is 2. The highest BCUT2D eigenvalue weighted by atomic mass is 32.2. The molecule has 6 aromatic carbocycles. The van der Waals surface area contributed by atoms with Crippen LogP contribution in [0.5, 0.6) is 0 Å². The van der Waals surface area contributed by atoms with E-state index in [0.717, 1.165) is 75.1 Å². The van der Waals surface area contributed by atoms with Crippen molar-refractivity contribution in [1.29, 1.82) is 0 Å². The van der Waals surface area contributed by atoms with Crippen LogP contribution in [0.4, 0.5) is 17.1 Å². The van der Waals surface area contributed by atoms with E-state index in [1.807, 2.05) is 36.4 Å². The fraction of sp³-hybridized carbons (Fsp3) is 0.421. The molecule has 0 spiro atoms. The Labute approximate surface area is 727 Å². The number of nitrogens with zero attached hydrogens (tertiary/aromatic N) is 2. The summed E-state index contributed by atoms with van der Waals surface area (Å²) in [5.41, 5.74) is -0.384. The number of benzene rings is 6. The van der Waals surface area contributed by atoms with Gasteiger partial charge in [-0.3, -0.25) is 37.9 Å². The zero-order valence-corrected chi connectivity index (χ0v) is 73.5. The van der Waals surface area contributed by atoms with Crippen molar-refractivity contribution in [3.8, 4) is 0 Å². The molecule has 0 aromatic heterocycles. The van der Waals surface area contributed by atoms with Crippen molar-refractivity contribution in [2.75, 3.05) is 41.4 Å². The third-order valence-corrected chi connectivity index (χ3v) is 28.5. The number of rotatable bonds is 30. The topological polar surface area (TPSA) is 371 Å². The number of Topliss-reactive ketones (excluding diaryl/α,β-unsaturated/α-hetero) is 1. The zero-order chi connectivity index (χ0) is 89.2. The van der Waals surface area contributed by atoms with Gasteiger partial charge in [0, 0.05) is 107 Å². The Morgan fingerprint density at radius 1 is 0.694 bits per heavy atom. The lowest BCUT2D eigenvalue weighted by Crippen LogP contribution is -2.82. The predicted molar refractivity (Wildman–Crippen MR) is 465 cm³/mol. The van der Waals surface area contributed by atoms with Crippen molar-refractivity contribution < 1.29 is 108 Å². The van der Waals surface area contributed by atoms with Crippen LogP contribution in [-0.2, 0) is 88.3 Å². The third kappa shape index (κ3) is 18.7. The maximum atomic E-state index is 16.1. The zero-order valence-electron chi connectivity index (χ0n) is 71.1. The van der Waals surface area contributed by atoms with Crippen LogP contribution < -0.4 is 15.5 Å². The number of thioether (sulfide) groups is 1. The van der Waals surface area contributed by atoms with Gasteiger partial charge in [0.1, 0.15) is 36.5 Å². The number of nitrogens with one attached hydrogen (secondary N) is 2. The van der Waals surface area contributed by atoms with Crippen LogP contribution in [0.25, 0.3) is 0 Å². The number of esters is 5. The molecule has 3 aliphatic heterocycles. The third-order valence-electron chi connectivity index (χ3n) is 25.7. The molecule has 124 heavy (non-hydrogen) atoms. The summed E-state index contributed by atoms with van der Waals surface area (Å²) in [5, 5.41) is 32.5. The number of unbranched alkanes of at least 4 members (excludes halogenated alkanes) is 2. The number of carbonyl (C=O) groups excluding carboxylic acids is 8. The SMILES string of the molecule is CC(=O)O[C@H]1C(=O)[C@@]2(C)[C@H]([C@H](OC(=O)c3ccccc3)[C@]3(O)C[C@H](OC(=O)[C@H](OC(=O)CCC(=O)Nc4ccc(SC5=C(/C=C/C6=[N+](CCCCS(=O)(=O)O)c7ccccc7C6(C)C)CCC/C5=C\C=C5\N(CCCCS(=O)(=O)O)c6ccccc6C5(C)C)cc4)[C@@H](NC(=O)c4ccccc4)c4ccccc4)C(C)=C1C3(C)C)[C@@]1(OC(C)=O)CO[C@@H]1C[C@@H]2O. The number of ketones is 1. The number of hydrogen-bond acceptors (Lipinski definition) is 22. The molecule has 3 heterocycles. The van der Waals surface area contributed by atoms with Crippen molar-refractivity contribution >= 4 is 102 Å². The van der Waals surface area contributed by atoms with Crippen molar-refractivity contribution in [3.05, 3.63) is 249 Å². The number of aliphatic hydroxyl groups is 2.